The number of nitrogens with two attached hydrogens (primary N) is 1. The van der Waals surface area contributed by atoms with Gasteiger partial charge in [-0.2, -0.15) is 0 Å². The van der Waals surface area contributed by atoms with Crippen LogP contribution in [0.3, 0.4) is 0 Å². The van der Waals surface area contributed by atoms with Crippen LogP contribution in [0.4, 0.5) is 0 Å². The Morgan fingerprint density at radius 2 is 1.72 bits per heavy atom. The van der Waals surface area contributed by atoms with E-state index in [2.05, 4.69) is 17.0 Å². The number of methoxy groups -OCH3 is 2. The first-order valence-electron chi connectivity index (χ1n) is 12.1. The maximum atomic E-state index is 13.0. The molecule has 1 aliphatic heterocycles. The average Bonchev–Trinajstić information content (AvgIpc) is 3.37. The van der Waals surface area contributed by atoms with Gasteiger partial charge in [-0.1, -0.05) is 30.3 Å². The first-order valence-corrected chi connectivity index (χ1v) is 12.1. The number of benzene rings is 2. The van der Waals surface area contributed by atoms with Gasteiger partial charge in [0.05, 0.1) is 20.8 Å². The number of amides is 2. The minimum absolute atomic E-state index is 0.159. The fourth-order valence-corrected chi connectivity index (χ4v) is 4.58. The van der Waals surface area contributed by atoms with Gasteiger partial charge in [-0.15, -0.1) is 0 Å². The van der Waals surface area contributed by atoms with Crippen LogP contribution in [0.2, 0.25) is 0 Å². The Morgan fingerprint density at radius 3 is 2.39 bits per heavy atom. The second kappa shape index (κ2) is 11.8. The summed E-state index contributed by atoms with van der Waals surface area (Å²) >= 11 is 0. The number of carbonyl (C=O) groups is 2. The van der Waals surface area contributed by atoms with Gasteiger partial charge in [0.15, 0.2) is 5.76 Å². The van der Waals surface area contributed by atoms with Gasteiger partial charge >= 0.3 is 0 Å². The van der Waals surface area contributed by atoms with E-state index < -0.39 is 0 Å². The minimum Gasteiger partial charge on any atom is -0.497 e. The van der Waals surface area contributed by atoms with Crippen molar-refractivity contribution in [1.29, 1.82) is 0 Å². The van der Waals surface area contributed by atoms with Crippen molar-refractivity contribution in [3.8, 4) is 11.5 Å². The zero-order chi connectivity index (χ0) is 25.5. The maximum absolute atomic E-state index is 13.0. The molecule has 2 heterocycles. The van der Waals surface area contributed by atoms with Gasteiger partial charge in [0, 0.05) is 37.7 Å². The molecule has 0 radical (unpaired) electrons. The lowest BCUT2D eigenvalue weighted by atomic mass is 9.96. The van der Waals surface area contributed by atoms with Crippen LogP contribution in [-0.2, 0) is 24.4 Å². The molecule has 2 N–H and O–H groups in total. The van der Waals surface area contributed by atoms with Crippen LogP contribution < -0.4 is 15.2 Å². The molecule has 36 heavy (non-hydrogen) atoms. The fourth-order valence-electron chi connectivity index (χ4n) is 4.58. The highest BCUT2D eigenvalue weighted by Gasteiger charge is 2.28. The summed E-state index contributed by atoms with van der Waals surface area (Å²) in [5.41, 5.74) is 7.57. The lowest BCUT2D eigenvalue weighted by Gasteiger charge is -2.29. The summed E-state index contributed by atoms with van der Waals surface area (Å²) in [6.07, 6.45) is 1.17. The number of nitrogens with zero attached hydrogens (tertiary/aromatic N) is 2. The average molecular weight is 492 g/mol. The molecule has 0 unspecified atom stereocenters. The molecule has 4 rings (SSSR count). The third-order valence-electron chi connectivity index (χ3n) is 6.57. The Morgan fingerprint density at radius 1 is 0.972 bits per heavy atom. The Kier molecular flexibility index (Phi) is 8.28. The van der Waals surface area contributed by atoms with Crippen molar-refractivity contribution >= 4 is 11.8 Å². The van der Waals surface area contributed by atoms with Crippen LogP contribution in [0, 0.1) is 5.92 Å². The molecule has 0 aliphatic carbocycles. The summed E-state index contributed by atoms with van der Waals surface area (Å²) < 4.78 is 17.0. The first-order chi connectivity index (χ1) is 17.5. The zero-order valence-corrected chi connectivity index (χ0v) is 20.8. The van der Waals surface area contributed by atoms with Crippen molar-refractivity contribution in [3.05, 3.63) is 83.3 Å². The molecule has 1 aliphatic rings. The van der Waals surface area contributed by atoms with Crippen LogP contribution in [0.5, 0.6) is 11.5 Å². The van der Waals surface area contributed by atoms with E-state index >= 15 is 0 Å². The zero-order valence-electron chi connectivity index (χ0n) is 20.8. The number of hydrogen-bond donors (Lipinski definition) is 1. The van der Waals surface area contributed by atoms with Crippen molar-refractivity contribution < 1.29 is 23.5 Å². The molecule has 0 atom stereocenters. The molecule has 2 amide bonds. The predicted octanol–water partition coefficient (Wildman–Crippen LogP) is 3.84. The molecule has 8 heteroatoms. The number of likely N-dealkylation sites (tertiary alicyclic amines) is 1. The van der Waals surface area contributed by atoms with E-state index in [0.29, 0.717) is 57.1 Å². The van der Waals surface area contributed by atoms with E-state index in [1.54, 1.807) is 25.2 Å². The topological polar surface area (TPSA) is 98.2 Å². The second-order valence-electron chi connectivity index (χ2n) is 9.04. The van der Waals surface area contributed by atoms with Crippen LogP contribution in [0.1, 0.15) is 40.3 Å². The SMILES string of the molecule is COc1ccc(OC)c(CN(Cc2ccccc2)Cc2ccc(C(=O)N3CCC(C(N)=O)CC3)o2)c1. The molecule has 3 aromatic rings. The summed E-state index contributed by atoms with van der Waals surface area (Å²) in [7, 11) is 3.30. The molecule has 2 aromatic carbocycles. The highest BCUT2D eigenvalue weighted by Crippen LogP contribution is 2.27. The number of ether oxygens (including phenoxy) is 2. The van der Waals surface area contributed by atoms with E-state index in [-0.39, 0.29) is 17.7 Å². The second-order valence-corrected chi connectivity index (χ2v) is 9.04. The molecular formula is C28H33N3O5. The molecule has 0 bridgehead atoms. The Labute approximate surface area is 211 Å². The molecule has 0 spiro atoms. The predicted molar refractivity (Wildman–Crippen MR) is 135 cm³/mol. The molecule has 8 nitrogen and oxygen atoms in total. The van der Waals surface area contributed by atoms with E-state index in [4.69, 9.17) is 19.6 Å². The number of rotatable bonds is 10. The van der Waals surface area contributed by atoms with Gasteiger partial charge < -0.3 is 24.5 Å². The van der Waals surface area contributed by atoms with Gasteiger partial charge in [-0.05, 0) is 48.7 Å². The van der Waals surface area contributed by atoms with Crippen molar-refractivity contribution in [2.45, 2.75) is 32.5 Å². The summed E-state index contributed by atoms with van der Waals surface area (Å²) in [5.74, 6) is 1.92. The standard InChI is InChI=1S/C28H33N3O5/c1-34-23-8-10-25(35-2)22(16-23)18-30(17-20-6-4-3-5-7-20)19-24-9-11-26(36-24)28(33)31-14-12-21(13-15-31)27(29)32/h3-11,16,21H,12-15,17-19H2,1-2H3,(H2,29,32). The third-order valence-corrected chi connectivity index (χ3v) is 6.57. The molecule has 1 fully saturated rings. The van der Waals surface area contributed by atoms with Crippen LogP contribution in [0.15, 0.2) is 65.1 Å². The van der Waals surface area contributed by atoms with Crippen LogP contribution in [-0.4, -0.2) is 48.9 Å². The third kappa shape index (κ3) is 6.26. The van der Waals surface area contributed by atoms with E-state index in [9.17, 15) is 9.59 Å². The summed E-state index contributed by atoms with van der Waals surface area (Å²) in [4.78, 5) is 28.4. The summed E-state index contributed by atoms with van der Waals surface area (Å²) in [5, 5.41) is 0. The van der Waals surface area contributed by atoms with E-state index in [0.717, 1.165) is 17.1 Å². The monoisotopic (exact) mass is 491 g/mol. The van der Waals surface area contributed by atoms with Crippen molar-refractivity contribution in [2.24, 2.45) is 11.7 Å². The van der Waals surface area contributed by atoms with Crippen LogP contribution in [0.25, 0.3) is 0 Å². The van der Waals surface area contributed by atoms with Gasteiger partial charge in [0.2, 0.25) is 5.91 Å². The normalized spacial score (nSPS) is 14.1. The number of primary amides is 1. The molecule has 190 valence electrons. The Hall–Kier alpha value is -3.78. The quantitative estimate of drug-likeness (QED) is 0.463. The van der Waals surface area contributed by atoms with Gasteiger partial charge in [0.25, 0.3) is 5.91 Å². The largest absolute Gasteiger partial charge is 0.497 e. The van der Waals surface area contributed by atoms with Gasteiger partial charge in [-0.3, -0.25) is 14.5 Å². The lowest BCUT2D eigenvalue weighted by Crippen LogP contribution is -2.41. The molecular weight excluding hydrogens is 458 g/mol. The van der Waals surface area contributed by atoms with Crippen LogP contribution >= 0.6 is 0 Å². The smallest absolute Gasteiger partial charge is 0.289 e. The van der Waals surface area contributed by atoms with Gasteiger partial charge in [-0.25, -0.2) is 0 Å². The number of piperidine rings is 1. The van der Waals surface area contributed by atoms with Crippen molar-refractivity contribution in [2.75, 3.05) is 27.3 Å². The highest BCUT2D eigenvalue weighted by molar-refractivity contribution is 5.91. The molecule has 0 saturated carbocycles. The summed E-state index contributed by atoms with van der Waals surface area (Å²) in [6.45, 7) is 2.79. The van der Waals surface area contributed by atoms with Crippen molar-refractivity contribution in [3.63, 3.8) is 0 Å². The highest BCUT2D eigenvalue weighted by atomic mass is 16.5. The fraction of sp³-hybridized carbons (Fsp3) is 0.357. The number of carbonyl (C=O) groups excluding carboxylic acids is 2. The van der Waals surface area contributed by atoms with E-state index in [1.807, 2.05) is 42.5 Å². The lowest BCUT2D eigenvalue weighted by molar-refractivity contribution is -0.123. The van der Waals surface area contributed by atoms with E-state index in [1.165, 1.54) is 5.56 Å². The Bertz CT molecular complexity index is 1170. The molecule has 1 saturated heterocycles. The number of hydrogen-bond acceptors (Lipinski definition) is 6. The number of furan rings is 1. The van der Waals surface area contributed by atoms with Gasteiger partial charge in [0.1, 0.15) is 17.3 Å². The minimum atomic E-state index is -0.298. The molecule has 1 aromatic heterocycles. The maximum Gasteiger partial charge on any atom is 0.289 e. The van der Waals surface area contributed by atoms with Crippen molar-refractivity contribution in [1.82, 2.24) is 9.80 Å². The summed E-state index contributed by atoms with van der Waals surface area (Å²) in [6, 6.07) is 19.5. The Balaban J connectivity index is 1.49. The first kappa shape index (κ1) is 25.3.